The van der Waals surface area contributed by atoms with Crippen LogP contribution in [0.1, 0.15) is 73.3 Å². The molecule has 6 atom stereocenters. The van der Waals surface area contributed by atoms with Gasteiger partial charge in [-0.2, -0.15) is 0 Å². The summed E-state index contributed by atoms with van der Waals surface area (Å²) in [4.78, 5) is 0. The molecule has 0 spiro atoms. The monoisotopic (exact) mass is 632 g/mol. The lowest BCUT2D eigenvalue weighted by molar-refractivity contribution is -0.123. The van der Waals surface area contributed by atoms with Gasteiger partial charge in [0.05, 0.1) is 31.5 Å². The molecule has 0 saturated carbocycles. The van der Waals surface area contributed by atoms with Crippen LogP contribution in [0.25, 0.3) is 0 Å². The van der Waals surface area contributed by atoms with Gasteiger partial charge in [0, 0.05) is 0 Å². The van der Waals surface area contributed by atoms with Gasteiger partial charge in [0.1, 0.15) is 12.9 Å². The number of rotatable bonds is 18. The van der Waals surface area contributed by atoms with Crippen molar-refractivity contribution >= 4 is 18.7 Å². The van der Waals surface area contributed by atoms with E-state index in [1.807, 2.05) is 18.2 Å². The molecular weight excluding hydrogens is 577 g/mol. The predicted molar refractivity (Wildman–Crippen MR) is 186 cm³/mol. The number of aliphatic hydroxyl groups is 1. The van der Waals surface area contributed by atoms with Crippen LogP contribution < -0.4 is 10.4 Å². The number of hydrogen-bond donors (Lipinski definition) is 1. The molecule has 1 fully saturated rings. The van der Waals surface area contributed by atoms with Crippen molar-refractivity contribution in [3.05, 3.63) is 96.6 Å². The SMILES string of the molecule is C[C@H](C[C@H](C)C[C@H](C)[C@@H](CO[Si](c1ccccc1)(c1ccccc1)C(C)(C)C)OCOCc1ccccc1)C[C@]1(C)O[C@H]1CO. The minimum atomic E-state index is -2.71. The zero-order valence-electron chi connectivity index (χ0n) is 28.6. The van der Waals surface area contributed by atoms with Gasteiger partial charge in [0.25, 0.3) is 8.32 Å². The van der Waals surface area contributed by atoms with E-state index in [9.17, 15) is 5.11 Å². The first-order chi connectivity index (χ1) is 21.5. The normalized spacial score (nSPS) is 21.2. The summed E-state index contributed by atoms with van der Waals surface area (Å²) in [7, 11) is -2.71. The topological polar surface area (TPSA) is 60.5 Å². The van der Waals surface area contributed by atoms with E-state index >= 15 is 0 Å². The van der Waals surface area contributed by atoms with Crippen molar-refractivity contribution in [3.63, 3.8) is 0 Å². The van der Waals surface area contributed by atoms with Crippen molar-refractivity contribution in [2.24, 2.45) is 17.8 Å². The van der Waals surface area contributed by atoms with E-state index in [0.29, 0.717) is 25.0 Å². The van der Waals surface area contributed by atoms with Crippen LogP contribution in [-0.4, -0.2) is 51.2 Å². The van der Waals surface area contributed by atoms with Crippen molar-refractivity contribution in [1.82, 2.24) is 0 Å². The minimum absolute atomic E-state index is 0.0125. The van der Waals surface area contributed by atoms with E-state index in [4.69, 9.17) is 18.6 Å². The Balaban J connectivity index is 1.50. The highest BCUT2D eigenvalue weighted by molar-refractivity contribution is 6.99. The van der Waals surface area contributed by atoms with Gasteiger partial charge < -0.3 is 23.7 Å². The molecule has 1 aliphatic heterocycles. The molecular formula is C39H56O5Si. The van der Waals surface area contributed by atoms with Crippen LogP contribution in [0, 0.1) is 17.8 Å². The molecule has 4 rings (SSSR count). The van der Waals surface area contributed by atoms with E-state index in [0.717, 1.165) is 24.8 Å². The standard InChI is InChI=1S/C39H56O5Si/c1-30(23-31(2)25-39(7)37(26-40)44-39)24-32(3)36(42-29-41-27-33-17-11-8-12-18-33)28-43-45(38(4,5)6,34-19-13-9-14-20-34)35-21-15-10-16-22-35/h8-22,30-32,36-37,40H,23-29H2,1-7H3/t30-,31+,32-,36+,37-,39-/m0/s1. The molecule has 0 aliphatic carbocycles. The molecule has 45 heavy (non-hydrogen) atoms. The Kier molecular flexibility index (Phi) is 12.6. The van der Waals surface area contributed by atoms with E-state index in [1.54, 1.807) is 0 Å². The van der Waals surface area contributed by atoms with Crippen LogP contribution in [-0.2, 0) is 25.2 Å². The van der Waals surface area contributed by atoms with Gasteiger partial charge in [-0.25, -0.2) is 0 Å². The van der Waals surface area contributed by atoms with Crippen molar-refractivity contribution < 1.29 is 23.7 Å². The van der Waals surface area contributed by atoms with Crippen molar-refractivity contribution in [2.75, 3.05) is 20.0 Å². The average Bonchev–Trinajstić information content (AvgIpc) is 3.67. The van der Waals surface area contributed by atoms with Crippen molar-refractivity contribution in [3.8, 4) is 0 Å². The summed E-state index contributed by atoms with van der Waals surface area (Å²) in [5.41, 5.74) is 0.957. The largest absolute Gasteiger partial charge is 0.405 e. The molecule has 3 aromatic carbocycles. The molecule has 1 aliphatic rings. The molecule has 5 nitrogen and oxygen atoms in total. The van der Waals surface area contributed by atoms with Crippen LogP contribution in [0.5, 0.6) is 0 Å². The van der Waals surface area contributed by atoms with Crippen LogP contribution in [0.2, 0.25) is 5.04 Å². The van der Waals surface area contributed by atoms with E-state index in [2.05, 4.69) is 121 Å². The zero-order chi connectivity index (χ0) is 32.5. The summed E-state index contributed by atoms with van der Waals surface area (Å²) in [6.07, 6.45) is 2.97. The lowest BCUT2D eigenvalue weighted by atomic mass is 9.83. The second kappa shape index (κ2) is 16.0. The molecule has 3 aromatic rings. The fourth-order valence-electron chi connectivity index (χ4n) is 7.26. The van der Waals surface area contributed by atoms with Gasteiger partial charge in [-0.3, -0.25) is 0 Å². The highest BCUT2D eigenvalue weighted by atomic mass is 28.4. The summed E-state index contributed by atoms with van der Waals surface area (Å²) < 4.78 is 25.7. The van der Waals surface area contributed by atoms with Crippen molar-refractivity contribution in [2.45, 2.75) is 97.2 Å². The third kappa shape index (κ3) is 9.37. The van der Waals surface area contributed by atoms with Crippen LogP contribution in [0.3, 0.4) is 0 Å². The Morgan fingerprint density at radius 1 is 0.822 bits per heavy atom. The molecule has 1 N–H and O–H groups in total. The molecule has 1 saturated heterocycles. The van der Waals surface area contributed by atoms with E-state index < -0.39 is 8.32 Å². The lowest BCUT2D eigenvalue weighted by Gasteiger charge is -2.44. The predicted octanol–water partition coefficient (Wildman–Crippen LogP) is 7.35. The number of epoxide rings is 1. The second-order valence-corrected chi connectivity index (χ2v) is 18.9. The highest BCUT2D eigenvalue weighted by Crippen LogP contribution is 2.43. The number of hydrogen-bond acceptors (Lipinski definition) is 5. The average molecular weight is 633 g/mol. The van der Waals surface area contributed by atoms with Crippen LogP contribution in [0.4, 0.5) is 0 Å². The maximum absolute atomic E-state index is 9.52. The Morgan fingerprint density at radius 2 is 1.38 bits per heavy atom. The smallest absolute Gasteiger partial charge is 0.261 e. The Bertz CT molecular complexity index is 1230. The molecule has 0 aromatic heterocycles. The van der Waals surface area contributed by atoms with Gasteiger partial charge >= 0.3 is 0 Å². The summed E-state index contributed by atoms with van der Waals surface area (Å²) in [6, 6.07) is 31.8. The quantitative estimate of drug-likeness (QED) is 0.0688. The molecule has 0 radical (unpaired) electrons. The highest BCUT2D eigenvalue weighted by Gasteiger charge is 2.52. The lowest BCUT2D eigenvalue weighted by Crippen LogP contribution is -2.67. The first-order valence-electron chi connectivity index (χ1n) is 16.8. The number of benzene rings is 3. The fourth-order valence-corrected chi connectivity index (χ4v) is 11.8. The zero-order valence-corrected chi connectivity index (χ0v) is 29.6. The fraction of sp³-hybridized carbons (Fsp3) is 0.538. The third-order valence-corrected chi connectivity index (χ3v) is 14.5. The maximum atomic E-state index is 9.52. The second-order valence-electron chi connectivity index (χ2n) is 14.6. The van der Waals surface area contributed by atoms with Gasteiger partial charge in [-0.1, -0.05) is 133 Å². The van der Waals surface area contributed by atoms with Gasteiger partial charge in [-0.15, -0.1) is 0 Å². The Hall–Kier alpha value is -2.32. The minimum Gasteiger partial charge on any atom is -0.405 e. The third-order valence-electron chi connectivity index (χ3n) is 9.53. The Labute approximate surface area is 273 Å². The number of ether oxygens (including phenoxy) is 3. The van der Waals surface area contributed by atoms with E-state index in [1.165, 1.54) is 10.4 Å². The summed E-state index contributed by atoms with van der Waals surface area (Å²) >= 11 is 0. The molecule has 1 heterocycles. The first kappa shape index (κ1) is 35.5. The molecule has 0 amide bonds. The van der Waals surface area contributed by atoms with Crippen LogP contribution >= 0.6 is 0 Å². The Morgan fingerprint density at radius 3 is 1.89 bits per heavy atom. The number of aliphatic hydroxyl groups excluding tert-OH is 1. The summed E-state index contributed by atoms with van der Waals surface area (Å²) in [6.45, 7) is 17.4. The van der Waals surface area contributed by atoms with Crippen molar-refractivity contribution in [1.29, 1.82) is 0 Å². The molecule has 0 unspecified atom stereocenters. The molecule has 0 bridgehead atoms. The van der Waals surface area contributed by atoms with Gasteiger partial charge in [0.15, 0.2) is 0 Å². The molecule has 6 heteroatoms. The summed E-state index contributed by atoms with van der Waals surface area (Å²) in [5, 5.41) is 12.0. The van der Waals surface area contributed by atoms with Gasteiger partial charge in [0.2, 0.25) is 0 Å². The van der Waals surface area contributed by atoms with E-state index in [-0.39, 0.29) is 42.2 Å². The maximum Gasteiger partial charge on any atom is 0.261 e. The molecule has 246 valence electrons. The summed E-state index contributed by atoms with van der Waals surface area (Å²) in [5.74, 6) is 1.29. The first-order valence-corrected chi connectivity index (χ1v) is 18.7. The van der Waals surface area contributed by atoms with Crippen LogP contribution in [0.15, 0.2) is 91.0 Å². The van der Waals surface area contributed by atoms with Gasteiger partial charge in [-0.05, 0) is 64.9 Å².